The molecule has 1 aromatic rings. The highest BCUT2D eigenvalue weighted by atomic mass is 79.9. The molecule has 1 aromatic carbocycles. The summed E-state index contributed by atoms with van der Waals surface area (Å²) in [5.41, 5.74) is 1.02. The van der Waals surface area contributed by atoms with Gasteiger partial charge in [0.15, 0.2) is 11.5 Å². The molecule has 0 atom stereocenters. The predicted octanol–water partition coefficient (Wildman–Crippen LogP) is 4.77. The largest absolute Gasteiger partial charge is 0.493 e. The second kappa shape index (κ2) is 8.94. The van der Waals surface area contributed by atoms with E-state index in [1.165, 1.54) is 0 Å². The fraction of sp³-hybridized carbons (Fsp3) is 0.538. The van der Waals surface area contributed by atoms with Crippen molar-refractivity contribution in [2.75, 3.05) is 25.2 Å². The van der Waals surface area contributed by atoms with E-state index in [2.05, 4.69) is 22.9 Å². The number of rotatable bonds is 8. The highest BCUT2D eigenvalue weighted by Crippen LogP contribution is 2.36. The van der Waals surface area contributed by atoms with E-state index >= 15 is 0 Å². The van der Waals surface area contributed by atoms with Crippen LogP contribution >= 0.6 is 39.3 Å². The van der Waals surface area contributed by atoms with Gasteiger partial charge in [-0.15, -0.1) is 0 Å². The van der Waals surface area contributed by atoms with Crippen LogP contribution in [-0.2, 0) is 5.33 Å². The topological polar surface area (TPSA) is 18.5 Å². The Bertz CT molecular complexity index is 349. The summed E-state index contributed by atoms with van der Waals surface area (Å²) in [6.07, 6.45) is 1.03. The van der Waals surface area contributed by atoms with Gasteiger partial charge in [-0.05, 0) is 24.0 Å². The zero-order valence-corrected chi connectivity index (χ0v) is 13.8. The van der Waals surface area contributed by atoms with E-state index in [4.69, 9.17) is 21.1 Å². The van der Waals surface area contributed by atoms with Gasteiger partial charge < -0.3 is 9.47 Å². The van der Waals surface area contributed by atoms with Crippen molar-refractivity contribution in [1.29, 1.82) is 0 Å². The van der Waals surface area contributed by atoms with Crippen molar-refractivity contribution in [2.24, 2.45) is 0 Å². The van der Waals surface area contributed by atoms with Crippen molar-refractivity contribution < 1.29 is 9.47 Å². The normalized spacial score (nSPS) is 10.4. The van der Waals surface area contributed by atoms with Crippen molar-refractivity contribution in [3.8, 4) is 11.5 Å². The second-order valence-corrected chi connectivity index (χ2v) is 6.02. The minimum absolute atomic E-state index is 0.662. The van der Waals surface area contributed by atoms with E-state index < -0.39 is 0 Å². The van der Waals surface area contributed by atoms with Crippen LogP contribution < -0.4 is 9.47 Å². The lowest BCUT2D eigenvalue weighted by atomic mass is 10.2. The van der Waals surface area contributed by atoms with Gasteiger partial charge in [0.1, 0.15) is 0 Å². The maximum Gasteiger partial charge on any atom is 0.165 e. The number of hydrogen-bond donors (Lipinski definition) is 0. The third-order valence-electron chi connectivity index (χ3n) is 2.34. The average molecular weight is 354 g/mol. The number of hydrogen-bond acceptors (Lipinski definition) is 3. The lowest BCUT2D eigenvalue weighted by Crippen LogP contribution is -2.03. The first-order valence-electron chi connectivity index (χ1n) is 5.85. The minimum Gasteiger partial charge on any atom is -0.493 e. The molecule has 0 aliphatic heterocycles. The Kier molecular flexibility index (Phi) is 7.95. The van der Waals surface area contributed by atoms with Crippen molar-refractivity contribution in [3.63, 3.8) is 0 Å². The quantitative estimate of drug-likeness (QED) is 0.495. The first-order chi connectivity index (χ1) is 8.72. The molecule has 2 nitrogen and oxygen atoms in total. The van der Waals surface area contributed by atoms with Gasteiger partial charge in [0.2, 0.25) is 0 Å². The van der Waals surface area contributed by atoms with Crippen LogP contribution in [0.3, 0.4) is 0 Å². The van der Waals surface area contributed by atoms with Gasteiger partial charge in [0.25, 0.3) is 0 Å². The molecule has 0 saturated heterocycles. The Hall–Kier alpha value is -0.0600. The smallest absolute Gasteiger partial charge is 0.165 e. The predicted molar refractivity (Wildman–Crippen MR) is 83.7 cm³/mol. The summed E-state index contributed by atoms with van der Waals surface area (Å²) in [6, 6.07) is 3.68. The van der Waals surface area contributed by atoms with Crippen molar-refractivity contribution in [2.45, 2.75) is 18.7 Å². The molecular weight excluding hydrogens is 336 g/mol. The number of ether oxygens (including phenoxy) is 2. The Labute approximate surface area is 127 Å². The van der Waals surface area contributed by atoms with Gasteiger partial charge >= 0.3 is 0 Å². The molecule has 0 aliphatic rings. The Balaban J connectivity index is 2.67. The van der Waals surface area contributed by atoms with E-state index in [0.29, 0.717) is 22.7 Å². The summed E-state index contributed by atoms with van der Waals surface area (Å²) in [6.45, 7) is 2.86. The maximum atomic E-state index is 6.02. The standard InChI is InChI=1S/C13H18BrClO2S/c1-3-18-6-4-5-17-13-10(9-14)7-11(15)8-12(13)16-2/h7-8H,3-6,9H2,1-2H3. The minimum atomic E-state index is 0.662. The molecule has 0 fully saturated rings. The van der Waals surface area contributed by atoms with Crippen LogP contribution in [0.1, 0.15) is 18.9 Å². The van der Waals surface area contributed by atoms with E-state index in [0.717, 1.165) is 29.2 Å². The SMILES string of the molecule is CCSCCCOc1c(CBr)cc(Cl)cc1OC. The fourth-order valence-electron chi connectivity index (χ4n) is 1.52. The number of benzene rings is 1. The zero-order chi connectivity index (χ0) is 13.4. The van der Waals surface area contributed by atoms with Gasteiger partial charge in [0, 0.05) is 22.0 Å². The van der Waals surface area contributed by atoms with E-state index in [9.17, 15) is 0 Å². The highest BCUT2D eigenvalue weighted by molar-refractivity contribution is 9.08. The van der Waals surface area contributed by atoms with E-state index in [1.807, 2.05) is 17.8 Å². The zero-order valence-electron chi connectivity index (χ0n) is 10.7. The summed E-state index contributed by atoms with van der Waals surface area (Å²) < 4.78 is 11.1. The molecule has 5 heteroatoms. The molecule has 0 heterocycles. The molecule has 0 radical (unpaired) electrons. The summed E-state index contributed by atoms with van der Waals surface area (Å²) in [5, 5.41) is 1.36. The van der Waals surface area contributed by atoms with Gasteiger partial charge in [-0.25, -0.2) is 0 Å². The molecule has 1 rings (SSSR count). The summed E-state index contributed by atoms with van der Waals surface area (Å²) >= 11 is 11.4. The number of alkyl halides is 1. The van der Waals surface area contributed by atoms with Gasteiger partial charge in [-0.1, -0.05) is 34.5 Å². The van der Waals surface area contributed by atoms with Crippen LogP contribution in [0.4, 0.5) is 0 Å². The third kappa shape index (κ3) is 4.90. The van der Waals surface area contributed by atoms with Crippen molar-refractivity contribution in [1.82, 2.24) is 0 Å². The fourth-order valence-corrected chi connectivity index (χ4v) is 2.77. The molecular formula is C13H18BrClO2S. The Morgan fingerprint density at radius 2 is 2.17 bits per heavy atom. The summed E-state index contributed by atoms with van der Waals surface area (Å²) in [5.74, 6) is 3.76. The molecule has 0 aromatic heterocycles. The van der Waals surface area contributed by atoms with E-state index in [1.54, 1.807) is 13.2 Å². The number of halogens is 2. The molecule has 0 unspecified atom stereocenters. The third-order valence-corrected chi connectivity index (χ3v) is 4.15. The van der Waals surface area contributed by atoms with Gasteiger partial charge in [-0.3, -0.25) is 0 Å². The summed E-state index contributed by atoms with van der Waals surface area (Å²) in [7, 11) is 1.63. The lowest BCUT2D eigenvalue weighted by Gasteiger charge is -2.14. The van der Waals surface area contributed by atoms with Crippen LogP contribution in [0.5, 0.6) is 11.5 Å². The van der Waals surface area contributed by atoms with Gasteiger partial charge in [0.05, 0.1) is 13.7 Å². The lowest BCUT2D eigenvalue weighted by molar-refractivity contribution is 0.293. The molecule has 18 heavy (non-hydrogen) atoms. The van der Waals surface area contributed by atoms with Crippen LogP contribution in [0.2, 0.25) is 5.02 Å². The van der Waals surface area contributed by atoms with Crippen LogP contribution in [-0.4, -0.2) is 25.2 Å². The molecule has 0 N–H and O–H groups in total. The number of thioether (sulfide) groups is 1. The molecule has 102 valence electrons. The van der Waals surface area contributed by atoms with Crippen molar-refractivity contribution >= 4 is 39.3 Å². The average Bonchev–Trinajstić information content (AvgIpc) is 2.39. The van der Waals surface area contributed by atoms with Crippen LogP contribution in [0, 0.1) is 0 Å². The maximum absolute atomic E-state index is 6.02. The Morgan fingerprint density at radius 3 is 2.78 bits per heavy atom. The molecule has 0 aliphatic carbocycles. The monoisotopic (exact) mass is 352 g/mol. The first kappa shape index (κ1) is 16.0. The summed E-state index contributed by atoms with van der Waals surface area (Å²) in [4.78, 5) is 0. The number of methoxy groups -OCH3 is 1. The van der Waals surface area contributed by atoms with Crippen LogP contribution in [0.15, 0.2) is 12.1 Å². The first-order valence-corrected chi connectivity index (χ1v) is 8.51. The van der Waals surface area contributed by atoms with E-state index in [-0.39, 0.29) is 0 Å². The molecule has 0 spiro atoms. The van der Waals surface area contributed by atoms with Gasteiger partial charge in [-0.2, -0.15) is 11.8 Å². The molecule has 0 bridgehead atoms. The van der Waals surface area contributed by atoms with Crippen molar-refractivity contribution in [3.05, 3.63) is 22.7 Å². The van der Waals surface area contributed by atoms with Crippen LogP contribution in [0.25, 0.3) is 0 Å². The Morgan fingerprint density at radius 1 is 1.39 bits per heavy atom. The molecule has 0 amide bonds. The second-order valence-electron chi connectivity index (χ2n) is 3.63. The highest BCUT2D eigenvalue weighted by Gasteiger charge is 2.11. The molecule has 0 saturated carbocycles.